The Labute approximate surface area is 94.7 Å². The van der Waals surface area contributed by atoms with Crippen molar-refractivity contribution in [3.8, 4) is 0 Å². The number of amides is 3. The van der Waals surface area contributed by atoms with Crippen molar-refractivity contribution in [2.75, 3.05) is 26.2 Å². The molecule has 16 heavy (non-hydrogen) atoms. The number of nitrogens with zero attached hydrogens (tertiary/aromatic N) is 2. The van der Waals surface area contributed by atoms with Gasteiger partial charge in [0.1, 0.15) is 0 Å². The van der Waals surface area contributed by atoms with Crippen molar-refractivity contribution in [2.24, 2.45) is 5.73 Å². The molecule has 0 bridgehead atoms. The van der Waals surface area contributed by atoms with Crippen molar-refractivity contribution in [1.29, 1.82) is 0 Å². The number of carbonyl (C=O) groups is 2. The maximum Gasteiger partial charge on any atom is 0.317 e. The van der Waals surface area contributed by atoms with Crippen molar-refractivity contribution < 1.29 is 9.59 Å². The van der Waals surface area contributed by atoms with Crippen LogP contribution in [0.1, 0.15) is 13.3 Å². The molecule has 2 aliphatic heterocycles. The molecule has 2 rings (SSSR count). The van der Waals surface area contributed by atoms with Crippen molar-refractivity contribution in [3.63, 3.8) is 0 Å². The number of rotatable bonds is 2. The van der Waals surface area contributed by atoms with Gasteiger partial charge >= 0.3 is 6.03 Å². The summed E-state index contributed by atoms with van der Waals surface area (Å²) in [6.45, 7) is 4.34. The second-order valence-electron chi connectivity index (χ2n) is 4.33. The average Bonchev–Trinajstić information content (AvgIpc) is 2.68. The predicted octanol–water partition coefficient (Wildman–Crippen LogP) is -1.04. The van der Waals surface area contributed by atoms with E-state index in [0.717, 1.165) is 0 Å². The molecule has 90 valence electrons. The van der Waals surface area contributed by atoms with Crippen LogP contribution in [0.15, 0.2) is 0 Å². The highest BCUT2D eigenvalue weighted by atomic mass is 16.2. The van der Waals surface area contributed by atoms with Gasteiger partial charge in [0.2, 0.25) is 5.91 Å². The fourth-order valence-electron chi connectivity index (χ4n) is 2.21. The minimum Gasteiger partial charge on any atom is -0.337 e. The largest absolute Gasteiger partial charge is 0.337 e. The van der Waals surface area contributed by atoms with E-state index in [1.807, 2.05) is 6.92 Å². The third-order valence-electron chi connectivity index (χ3n) is 3.30. The van der Waals surface area contributed by atoms with Crippen molar-refractivity contribution in [3.05, 3.63) is 0 Å². The van der Waals surface area contributed by atoms with Crippen LogP contribution >= 0.6 is 0 Å². The lowest BCUT2D eigenvalue weighted by Gasteiger charge is -2.37. The van der Waals surface area contributed by atoms with Gasteiger partial charge in [-0.1, -0.05) is 6.92 Å². The van der Waals surface area contributed by atoms with Crippen molar-refractivity contribution in [1.82, 2.24) is 15.1 Å². The second-order valence-corrected chi connectivity index (χ2v) is 4.33. The van der Waals surface area contributed by atoms with Crippen LogP contribution in [0.5, 0.6) is 0 Å². The van der Waals surface area contributed by atoms with Crippen LogP contribution in [0.25, 0.3) is 0 Å². The van der Waals surface area contributed by atoms with Gasteiger partial charge in [-0.3, -0.25) is 4.79 Å². The smallest absolute Gasteiger partial charge is 0.317 e. The van der Waals surface area contributed by atoms with E-state index in [1.54, 1.807) is 9.80 Å². The van der Waals surface area contributed by atoms with Crippen LogP contribution in [0, 0.1) is 0 Å². The van der Waals surface area contributed by atoms with Gasteiger partial charge in [-0.25, -0.2) is 4.79 Å². The molecule has 3 N–H and O–H groups in total. The number of hydrogen-bond donors (Lipinski definition) is 2. The number of nitrogens with one attached hydrogen (secondary N) is 1. The first-order valence-corrected chi connectivity index (χ1v) is 5.72. The minimum atomic E-state index is -0.406. The Bertz CT molecular complexity index is 307. The Morgan fingerprint density at radius 2 is 2.38 bits per heavy atom. The van der Waals surface area contributed by atoms with E-state index < -0.39 is 6.04 Å². The number of carbonyl (C=O) groups excluding carboxylic acids is 2. The molecule has 3 amide bonds. The first kappa shape index (κ1) is 11.2. The highest BCUT2D eigenvalue weighted by Gasteiger charge is 2.37. The van der Waals surface area contributed by atoms with E-state index in [2.05, 4.69) is 5.32 Å². The van der Waals surface area contributed by atoms with Crippen LogP contribution in [0.2, 0.25) is 0 Å². The molecule has 0 aromatic heterocycles. The van der Waals surface area contributed by atoms with Gasteiger partial charge in [-0.15, -0.1) is 0 Å². The zero-order valence-electron chi connectivity index (χ0n) is 9.48. The first-order chi connectivity index (χ1) is 7.63. The number of fused-ring (bicyclic) bond motifs is 1. The maximum absolute atomic E-state index is 11.9. The molecule has 2 atom stereocenters. The summed E-state index contributed by atoms with van der Waals surface area (Å²) >= 11 is 0. The fourth-order valence-corrected chi connectivity index (χ4v) is 2.21. The van der Waals surface area contributed by atoms with Crippen LogP contribution in [0.3, 0.4) is 0 Å². The number of hydrogen-bond acceptors (Lipinski definition) is 3. The molecule has 0 aliphatic carbocycles. The van der Waals surface area contributed by atoms with Crippen LogP contribution < -0.4 is 11.1 Å². The van der Waals surface area contributed by atoms with Gasteiger partial charge in [-0.05, 0) is 6.42 Å². The molecule has 0 aromatic carbocycles. The lowest BCUT2D eigenvalue weighted by atomic mass is 10.1. The molecule has 2 heterocycles. The molecular formula is C10H18N4O2. The summed E-state index contributed by atoms with van der Waals surface area (Å²) in [7, 11) is 0. The molecule has 2 aliphatic rings. The maximum atomic E-state index is 11.9. The van der Waals surface area contributed by atoms with Gasteiger partial charge < -0.3 is 20.9 Å². The zero-order chi connectivity index (χ0) is 11.7. The van der Waals surface area contributed by atoms with E-state index in [4.69, 9.17) is 5.73 Å². The van der Waals surface area contributed by atoms with E-state index in [0.29, 0.717) is 32.6 Å². The highest BCUT2D eigenvalue weighted by Crippen LogP contribution is 2.14. The van der Waals surface area contributed by atoms with Crippen molar-refractivity contribution >= 4 is 11.9 Å². The third kappa shape index (κ3) is 1.84. The van der Waals surface area contributed by atoms with Crippen LogP contribution in [0.4, 0.5) is 4.79 Å². The van der Waals surface area contributed by atoms with Gasteiger partial charge in [0.25, 0.3) is 0 Å². The standard InChI is InChI=1S/C10H18N4O2/c1-2-8(11)9(15)13-3-4-14-7(6-13)5-12-10(14)16/h7-8H,2-6,11H2,1H3,(H,12,16)/t7?,8-/m0/s1. The summed E-state index contributed by atoms with van der Waals surface area (Å²) in [5.41, 5.74) is 5.72. The molecule has 0 radical (unpaired) electrons. The van der Waals surface area contributed by atoms with E-state index >= 15 is 0 Å². The summed E-state index contributed by atoms with van der Waals surface area (Å²) in [6.07, 6.45) is 0.654. The SMILES string of the molecule is CC[C@H](N)C(=O)N1CCN2C(=O)NCC2C1. The zero-order valence-corrected chi connectivity index (χ0v) is 9.48. The van der Waals surface area contributed by atoms with Gasteiger partial charge in [0.05, 0.1) is 12.1 Å². The Hall–Kier alpha value is -1.30. The Morgan fingerprint density at radius 1 is 1.62 bits per heavy atom. The number of nitrogens with two attached hydrogens (primary N) is 1. The molecule has 2 fully saturated rings. The summed E-state index contributed by atoms with van der Waals surface area (Å²) in [6, 6.07) is -0.303. The van der Waals surface area contributed by atoms with Crippen molar-refractivity contribution in [2.45, 2.75) is 25.4 Å². The van der Waals surface area contributed by atoms with E-state index in [1.165, 1.54) is 0 Å². The first-order valence-electron chi connectivity index (χ1n) is 5.72. The number of piperazine rings is 1. The molecule has 0 aromatic rings. The van der Waals surface area contributed by atoms with Crippen LogP contribution in [-0.4, -0.2) is 60.0 Å². The average molecular weight is 226 g/mol. The topological polar surface area (TPSA) is 78.7 Å². The summed E-state index contributed by atoms with van der Waals surface area (Å²) < 4.78 is 0. The molecule has 0 spiro atoms. The normalized spacial score (nSPS) is 26.4. The Kier molecular flexibility index (Phi) is 3.00. The Balaban J connectivity index is 1.96. The van der Waals surface area contributed by atoms with Gasteiger partial charge in [0, 0.05) is 26.2 Å². The minimum absolute atomic E-state index is 0.00139. The molecule has 6 nitrogen and oxygen atoms in total. The third-order valence-corrected chi connectivity index (χ3v) is 3.30. The predicted molar refractivity (Wildman–Crippen MR) is 58.7 cm³/mol. The lowest BCUT2D eigenvalue weighted by molar-refractivity contribution is -0.134. The quantitative estimate of drug-likeness (QED) is 0.631. The van der Waals surface area contributed by atoms with E-state index in [9.17, 15) is 9.59 Å². The number of urea groups is 1. The molecular weight excluding hydrogens is 208 g/mol. The molecule has 6 heteroatoms. The second kappa shape index (κ2) is 4.29. The molecule has 1 unspecified atom stereocenters. The highest BCUT2D eigenvalue weighted by molar-refractivity contribution is 5.82. The Morgan fingerprint density at radius 3 is 3.06 bits per heavy atom. The fraction of sp³-hybridized carbons (Fsp3) is 0.800. The molecule has 2 saturated heterocycles. The van der Waals surface area contributed by atoms with Gasteiger partial charge in [-0.2, -0.15) is 0 Å². The van der Waals surface area contributed by atoms with Crippen LogP contribution in [-0.2, 0) is 4.79 Å². The summed E-state index contributed by atoms with van der Waals surface area (Å²) in [5, 5.41) is 2.78. The summed E-state index contributed by atoms with van der Waals surface area (Å²) in [5.74, 6) is 0.00139. The van der Waals surface area contributed by atoms with Gasteiger partial charge in [0.15, 0.2) is 0 Å². The molecule has 0 saturated carbocycles. The van der Waals surface area contributed by atoms with E-state index in [-0.39, 0.29) is 18.0 Å². The lowest BCUT2D eigenvalue weighted by Crippen LogP contribution is -2.56. The monoisotopic (exact) mass is 226 g/mol. The summed E-state index contributed by atoms with van der Waals surface area (Å²) in [4.78, 5) is 26.8.